The van der Waals surface area contributed by atoms with E-state index < -0.39 is 0 Å². The van der Waals surface area contributed by atoms with E-state index in [0.29, 0.717) is 0 Å². The molecule has 0 bridgehead atoms. The molecule has 0 amide bonds. The Balaban J connectivity index is 0.00000261. The zero-order valence-electron chi connectivity index (χ0n) is 16.9. The molecule has 0 saturated carbocycles. The molecule has 6 nitrogen and oxygen atoms in total. The summed E-state index contributed by atoms with van der Waals surface area (Å²) in [4.78, 5) is 11.7. The molecular formula is C20H34IN5O. The summed E-state index contributed by atoms with van der Waals surface area (Å²) < 4.78 is 5.58. The summed E-state index contributed by atoms with van der Waals surface area (Å²) >= 11 is 0. The average Bonchev–Trinajstić information content (AvgIpc) is 2.70. The molecule has 2 saturated heterocycles. The van der Waals surface area contributed by atoms with Crippen molar-refractivity contribution in [3.8, 4) is 0 Å². The van der Waals surface area contributed by atoms with Gasteiger partial charge in [-0.2, -0.15) is 0 Å². The normalized spacial score (nSPS) is 20.4. The average molecular weight is 487 g/mol. The smallest absolute Gasteiger partial charge is 0.193 e. The molecule has 0 radical (unpaired) electrons. The highest BCUT2D eigenvalue weighted by Crippen LogP contribution is 2.25. The fourth-order valence-corrected chi connectivity index (χ4v) is 3.92. The van der Waals surface area contributed by atoms with E-state index in [1.165, 1.54) is 5.69 Å². The number of halogens is 1. The quantitative estimate of drug-likeness (QED) is 0.401. The predicted octanol–water partition coefficient (Wildman–Crippen LogP) is 2.11. The Morgan fingerprint density at radius 2 is 1.74 bits per heavy atom. The molecular weight excluding hydrogens is 453 g/mol. The van der Waals surface area contributed by atoms with Gasteiger partial charge in [0.1, 0.15) is 0 Å². The van der Waals surface area contributed by atoms with Crippen LogP contribution in [0.4, 0.5) is 5.69 Å². The van der Waals surface area contributed by atoms with E-state index in [1.54, 1.807) is 0 Å². The number of likely N-dealkylation sites (N-methyl/N-ethyl adjacent to an activating group) is 1. The van der Waals surface area contributed by atoms with Gasteiger partial charge in [0.25, 0.3) is 0 Å². The Kier molecular flexibility index (Phi) is 8.62. The summed E-state index contributed by atoms with van der Waals surface area (Å²) in [5.41, 5.74) is 1.46. The van der Waals surface area contributed by atoms with Crippen molar-refractivity contribution in [3.05, 3.63) is 30.3 Å². The third-order valence-electron chi connectivity index (χ3n) is 5.86. The van der Waals surface area contributed by atoms with Crippen LogP contribution in [0, 0.1) is 0 Å². The first-order chi connectivity index (χ1) is 12.6. The lowest BCUT2D eigenvalue weighted by Gasteiger charge is -2.44. The summed E-state index contributed by atoms with van der Waals surface area (Å²) in [6, 6.07) is 10.7. The number of hydrogen-bond acceptors (Lipinski definition) is 4. The van der Waals surface area contributed by atoms with Gasteiger partial charge in [0.2, 0.25) is 0 Å². The van der Waals surface area contributed by atoms with E-state index in [9.17, 15) is 0 Å². The van der Waals surface area contributed by atoms with Crippen molar-refractivity contribution < 1.29 is 4.74 Å². The molecule has 0 unspecified atom stereocenters. The molecule has 0 aliphatic carbocycles. The molecule has 7 heteroatoms. The first kappa shape index (κ1) is 22.2. The fourth-order valence-electron chi connectivity index (χ4n) is 3.92. The van der Waals surface area contributed by atoms with E-state index in [4.69, 9.17) is 4.74 Å². The number of aliphatic imine (C=N–C) groups is 1. The highest BCUT2D eigenvalue weighted by Gasteiger charge is 2.35. The van der Waals surface area contributed by atoms with Crippen LogP contribution in [-0.4, -0.2) is 88.4 Å². The van der Waals surface area contributed by atoms with Crippen LogP contribution in [0.15, 0.2) is 35.3 Å². The predicted molar refractivity (Wildman–Crippen MR) is 123 cm³/mol. The van der Waals surface area contributed by atoms with E-state index in [1.807, 2.05) is 7.05 Å². The van der Waals surface area contributed by atoms with Crippen LogP contribution in [0.3, 0.4) is 0 Å². The van der Waals surface area contributed by atoms with Gasteiger partial charge in [0.15, 0.2) is 5.96 Å². The standard InChI is InChI=1S/C20H33N5O.HI/c1-21-19(22-17-20(23(2)3)9-15-26-16-10-20)25-13-11-24(12-14-25)18-7-5-4-6-8-18;/h4-8H,9-17H2,1-3H3,(H,21,22);1H. The molecule has 2 fully saturated rings. The van der Waals surface area contributed by atoms with Crippen LogP contribution in [0.2, 0.25) is 0 Å². The number of rotatable bonds is 4. The SMILES string of the molecule is CN=C(NCC1(N(C)C)CCOCC1)N1CCN(c2ccccc2)CC1.I. The number of guanidine groups is 1. The number of hydrogen-bond donors (Lipinski definition) is 1. The molecule has 27 heavy (non-hydrogen) atoms. The van der Waals surface area contributed by atoms with E-state index in [-0.39, 0.29) is 29.5 Å². The molecule has 0 aromatic heterocycles. The molecule has 1 aromatic rings. The number of ether oxygens (including phenoxy) is 1. The summed E-state index contributed by atoms with van der Waals surface area (Å²) in [5, 5.41) is 3.65. The first-order valence-corrected chi connectivity index (χ1v) is 9.65. The second kappa shape index (κ2) is 10.5. The largest absolute Gasteiger partial charge is 0.381 e. The minimum Gasteiger partial charge on any atom is -0.381 e. The lowest BCUT2D eigenvalue weighted by molar-refractivity contribution is -0.00526. The van der Waals surface area contributed by atoms with Crippen molar-refractivity contribution in [1.29, 1.82) is 0 Å². The zero-order chi connectivity index (χ0) is 18.4. The van der Waals surface area contributed by atoms with Crippen LogP contribution < -0.4 is 10.2 Å². The van der Waals surface area contributed by atoms with Gasteiger partial charge in [-0.3, -0.25) is 4.99 Å². The lowest BCUT2D eigenvalue weighted by Crippen LogP contribution is -2.59. The van der Waals surface area contributed by atoms with E-state index >= 15 is 0 Å². The fraction of sp³-hybridized carbons (Fsp3) is 0.650. The monoisotopic (exact) mass is 487 g/mol. The Labute approximate surface area is 181 Å². The maximum Gasteiger partial charge on any atom is 0.193 e. The van der Waals surface area contributed by atoms with Gasteiger partial charge in [0.05, 0.1) is 0 Å². The maximum atomic E-state index is 5.58. The van der Waals surface area contributed by atoms with Crippen molar-refractivity contribution >= 4 is 35.6 Å². The molecule has 1 N–H and O–H groups in total. The molecule has 2 aliphatic rings. The second-order valence-corrected chi connectivity index (χ2v) is 7.44. The topological polar surface area (TPSA) is 43.3 Å². The lowest BCUT2D eigenvalue weighted by atomic mass is 9.88. The van der Waals surface area contributed by atoms with Crippen molar-refractivity contribution in [3.63, 3.8) is 0 Å². The van der Waals surface area contributed by atoms with Gasteiger partial charge >= 0.3 is 0 Å². The van der Waals surface area contributed by atoms with Crippen LogP contribution in [0.5, 0.6) is 0 Å². The Hall–Kier alpha value is -1.06. The third kappa shape index (κ3) is 5.48. The third-order valence-corrected chi connectivity index (χ3v) is 5.86. The van der Waals surface area contributed by atoms with Gasteiger partial charge in [-0.05, 0) is 39.1 Å². The van der Waals surface area contributed by atoms with Gasteiger partial charge in [-0.1, -0.05) is 18.2 Å². The summed E-state index contributed by atoms with van der Waals surface area (Å²) in [6.07, 6.45) is 2.12. The number of benzene rings is 1. The Bertz CT molecular complexity index is 581. The summed E-state index contributed by atoms with van der Waals surface area (Å²) in [7, 11) is 6.24. The number of anilines is 1. The highest BCUT2D eigenvalue weighted by molar-refractivity contribution is 14.0. The van der Waals surface area contributed by atoms with Gasteiger partial charge in [-0.15, -0.1) is 24.0 Å². The second-order valence-electron chi connectivity index (χ2n) is 7.44. The molecule has 0 atom stereocenters. The zero-order valence-corrected chi connectivity index (χ0v) is 19.2. The highest BCUT2D eigenvalue weighted by atomic mass is 127. The van der Waals surface area contributed by atoms with Crippen LogP contribution in [-0.2, 0) is 4.74 Å². The molecule has 1 aromatic carbocycles. The molecule has 3 rings (SSSR count). The van der Waals surface area contributed by atoms with Gasteiger partial charge in [0, 0.05) is 64.2 Å². The summed E-state index contributed by atoms with van der Waals surface area (Å²) in [5.74, 6) is 1.02. The number of piperazine rings is 1. The number of nitrogens with one attached hydrogen (secondary N) is 1. The maximum absolute atomic E-state index is 5.58. The van der Waals surface area contributed by atoms with E-state index in [2.05, 4.69) is 69.4 Å². The van der Waals surface area contributed by atoms with E-state index in [0.717, 1.165) is 64.7 Å². The Morgan fingerprint density at radius 3 is 2.30 bits per heavy atom. The van der Waals surface area contributed by atoms with Crippen LogP contribution in [0.25, 0.3) is 0 Å². The molecule has 152 valence electrons. The minimum atomic E-state index is 0. The van der Waals surface area contributed by atoms with Crippen molar-refractivity contribution in [2.24, 2.45) is 4.99 Å². The first-order valence-electron chi connectivity index (χ1n) is 9.65. The van der Waals surface area contributed by atoms with Gasteiger partial charge < -0.3 is 24.8 Å². The summed E-state index contributed by atoms with van der Waals surface area (Å²) in [6.45, 7) is 6.63. The molecule has 2 aliphatic heterocycles. The minimum absolute atomic E-state index is 0. The number of para-hydroxylation sites is 1. The molecule has 0 spiro atoms. The molecule has 2 heterocycles. The van der Waals surface area contributed by atoms with Crippen LogP contribution >= 0.6 is 24.0 Å². The van der Waals surface area contributed by atoms with Crippen molar-refractivity contribution in [2.75, 3.05) is 72.0 Å². The van der Waals surface area contributed by atoms with Crippen LogP contribution in [0.1, 0.15) is 12.8 Å². The Morgan fingerprint density at radius 1 is 1.11 bits per heavy atom. The van der Waals surface area contributed by atoms with Crippen molar-refractivity contribution in [1.82, 2.24) is 15.1 Å². The van der Waals surface area contributed by atoms with Crippen molar-refractivity contribution in [2.45, 2.75) is 18.4 Å². The number of nitrogens with zero attached hydrogens (tertiary/aromatic N) is 4. The van der Waals surface area contributed by atoms with Gasteiger partial charge in [-0.25, -0.2) is 0 Å².